The molecular weight excluding hydrogens is 322 g/mol. The number of ether oxygens (including phenoxy) is 2. The summed E-state index contributed by atoms with van der Waals surface area (Å²) in [5.41, 5.74) is 2.41. The van der Waals surface area contributed by atoms with Crippen LogP contribution in [-0.2, 0) is 16.1 Å². The van der Waals surface area contributed by atoms with Crippen LogP contribution < -0.4 is 4.74 Å². The summed E-state index contributed by atoms with van der Waals surface area (Å²) >= 11 is 0. The van der Waals surface area contributed by atoms with Gasteiger partial charge in [-0.15, -0.1) is 0 Å². The molecule has 0 aliphatic carbocycles. The molecule has 25 heavy (non-hydrogen) atoms. The van der Waals surface area contributed by atoms with E-state index in [9.17, 15) is 20.0 Å². The number of nitrogens with zero attached hydrogens (tertiary/aromatic N) is 1. The Morgan fingerprint density at radius 2 is 2.04 bits per heavy atom. The number of nitriles is 1. The SMILES string of the molecule is COC(=O)c1ccc2c(c1)OCc1ccccc1C2C(C#N)C(=O)O. The van der Waals surface area contributed by atoms with Crippen LogP contribution >= 0.6 is 0 Å². The van der Waals surface area contributed by atoms with Crippen LogP contribution in [0.15, 0.2) is 42.5 Å². The van der Waals surface area contributed by atoms with Crippen LogP contribution in [0.5, 0.6) is 5.75 Å². The minimum Gasteiger partial charge on any atom is -0.489 e. The Balaban J connectivity index is 2.21. The number of carbonyl (C=O) groups is 2. The van der Waals surface area contributed by atoms with Gasteiger partial charge in [0.05, 0.1) is 18.7 Å². The van der Waals surface area contributed by atoms with Crippen molar-refractivity contribution in [2.24, 2.45) is 5.92 Å². The Kier molecular flexibility index (Phi) is 4.40. The molecule has 2 aromatic carbocycles. The van der Waals surface area contributed by atoms with E-state index in [2.05, 4.69) is 0 Å². The Labute approximate surface area is 144 Å². The summed E-state index contributed by atoms with van der Waals surface area (Å²) < 4.78 is 10.5. The van der Waals surface area contributed by atoms with E-state index in [1.807, 2.05) is 18.2 Å². The molecule has 0 saturated heterocycles. The third-order valence-electron chi connectivity index (χ3n) is 4.28. The van der Waals surface area contributed by atoms with Crippen molar-refractivity contribution in [3.05, 3.63) is 64.7 Å². The molecule has 1 aliphatic heterocycles. The van der Waals surface area contributed by atoms with E-state index in [1.165, 1.54) is 13.2 Å². The highest BCUT2D eigenvalue weighted by Gasteiger charge is 2.36. The van der Waals surface area contributed by atoms with Crippen molar-refractivity contribution in [3.8, 4) is 11.8 Å². The van der Waals surface area contributed by atoms with Crippen LogP contribution in [-0.4, -0.2) is 24.2 Å². The van der Waals surface area contributed by atoms with Gasteiger partial charge in [0.2, 0.25) is 0 Å². The second-order valence-electron chi connectivity index (χ2n) is 5.65. The van der Waals surface area contributed by atoms with Crippen molar-refractivity contribution >= 4 is 11.9 Å². The molecule has 0 spiro atoms. The number of hydrogen-bond donors (Lipinski definition) is 1. The minimum absolute atomic E-state index is 0.224. The van der Waals surface area contributed by atoms with Crippen molar-refractivity contribution < 1.29 is 24.2 Å². The Morgan fingerprint density at radius 1 is 1.28 bits per heavy atom. The highest BCUT2D eigenvalue weighted by molar-refractivity contribution is 5.90. The van der Waals surface area contributed by atoms with E-state index in [0.29, 0.717) is 16.9 Å². The molecule has 1 heterocycles. The maximum atomic E-state index is 11.8. The molecule has 1 N–H and O–H groups in total. The molecule has 6 nitrogen and oxygen atoms in total. The molecule has 0 radical (unpaired) electrons. The number of benzene rings is 2. The van der Waals surface area contributed by atoms with Gasteiger partial charge in [-0.05, 0) is 23.3 Å². The van der Waals surface area contributed by atoms with E-state index in [4.69, 9.17) is 9.47 Å². The normalized spacial score (nSPS) is 16.2. The van der Waals surface area contributed by atoms with Gasteiger partial charge in [-0.25, -0.2) is 4.79 Å². The number of carboxylic acid groups (broad SMARTS) is 1. The molecule has 2 atom stereocenters. The molecule has 0 saturated carbocycles. The number of carbonyl (C=O) groups excluding carboxylic acids is 1. The summed E-state index contributed by atoms with van der Waals surface area (Å²) in [6, 6.07) is 13.9. The Bertz CT molecular complexity index is 884. The number of fused-ring (bicyclic) bond motifs is 2. The molecule has 6 heteroatoms. The summed E-state index contributed by atoms with van der Waals surface area (Å²) in [4.78, 5) is 23.4. The average molecular weight is 337 g/mol. The molecular formula is C19H15NO5. The lowest BCUT2D eigenvalue weighted by Gasteiger charge is -2.21. The first-order valence-corrected chi connectivity index (χ1v) is 7.62. The highest BCUT2D eigenvalue weighted by atomic mass is 16.5. The Hall–Kier alpha value is -3.33. The van der Waals surface area contributed by atoms with Gasteiger partial charge in [0.25, 0.3) is 0 Å². The predicted molar refractivity (Wildman–Crippen MR) is 87.1 cm³/mol. The second kappa shape index (κ2) is 6.65. The largest absolute Gasteiger partial charge is 0.489 e. The standard InChI is InChI=1S/C19H15NO5/c1-24-19(23)11-6-7-14-16(8-11)25-10-12-4-2-3-5-13(12)17(14)15(9-20)18(21)22/h2-8,15,17H,10H2,1H3,(H,21,22). The van der Waals surface area contributed by atoms with Crippen molar-refractivity contribution in [1.29, 1.82) is 5.26 Å². The van der Waals surface area contributed by atoms with Gasteiger partial charge in [0, 0.05) is 11.5 Å². The highest BCUT2D eigenvalue weighted by Crippen LogP contribution is 2.42. The van der Waals surface area contributed by atoms with Gasteiger partial charge >= 0.3 is 11.9 Å². The molecule has 2 aromatic rings. The van der Waals surface area contributed by atoms with E-state index < -0.39 is 23.8 Å². The lowest BCUT2D eigenvalue weighted by Crippen LogP contribution is -2.22. The molecule has 2 unspecified atom stereocenters. The molecule has 0 bridgehead atoms. The lowest BCUT2D eigenvalue weighted by molar-refractivity contribution is -0.140. The van der Waals surface area contributed by atoms with Gasteiger partial charge in [-0.3, -0.25) is 4.79 Å². The zero-order valence-corrected chi connectivity index (χ0v) is 13.4. The number of methoxy groups -OCH3 is 1. The van der Waals surface area contributed by atoms with Crippen molar-refractivity contribution in [2.75, 3.05) is 7.11 Å². The first-order valence-electron chi connectivity index (χ1n) is 7.62. The second-order valence-corrected chi connectivity index (χ2v) is 5.65. The Morgan fingerprint density at radius 3 is 2.72 bits per heavy atom. The van der Waals surface area contributed by atoms with Gasteiger partial charge < -0.3 is 14.6 Å². The van der Waals surface area contributed by atoms with Gasteiger partial charge in [0.15, 0.2) is 5.92 Å². The van der Waals surface area contributed by atoms with Crippen LogP contribution in [0.25, 0.3) is 0 Å². The summed E-state index contributed by atoms with van der Waals surface area (Å²) in [6.45, 7) is 0.224. The lowest BCUT2D eigenvalue weighted by atomic mass is 9.79. The monoisotopic (exact) mass is 337 g/mol. The molecule has 1 aliphatic rings. The number of carboxylic acids is 1. The maximum Gasteiger partial charge on any atom is 0.337 e. The number of aliphatic carboxylic acids is 1. The fourth-order valence-corrected chi connectivity index (χ4v) is 3.08. The third-order valence-corrected chi connectivity index (χ3v) is 4.28. The summed E-state index contributed by atoms with van der Waals surface area (Å²) in [6.07, 6.45) is 0. The third kappa shape index (κ3) is 2.92. The van der Waals surface area contributed by atoms with Crippen LogP contribution in [0.2, 0.25) is 0 Å². The van der Waals surface area contributed by atoms with E-state index >= 15 is 0 Å². The first kappa shape index (κ1) is 16.5. The van der Waals surface area contributed by atoms with Gasteiger partial charge in [-0.2, -0.15) is 5.26 Å². The molecule has 3 rings (SSSR count). The van der Waals surface area contributed by atoms with E-state index in [0.717, 1.165) is 11.1 Å². The van der Waals surface area contributed by atoms with Crippen LogP contribution in [0, 0.1) is 17.2 Å². The van der Waals surface area contributed by atoms with Gasteiger partial charge in [-0.1, -0.05) is 30.3 Å². The average Bonchev–Trinajstić information content (AvgIpc) is 2.79. The fraction of sp³-hybridized carbons (Fsp3) is 0.211. The molecule has 0 amide bonds. The van der Waals surface area contributed by atoms with Crippen LogP contribution in [0.1, 0.15) is 33.0 Å². The van der Waals surface area contributed by atoms with Gasteiger partial charge in [0.1, 0.15) is 12.4 Å². The topological polar surface area (TPSA) is 96.6 Å². The van der Waals surface area contributed by atoms with Crippen molar-refractivity contribution in [3.63, 3.8) is 0 Å². The summed E-state index contributed by atoms with van der Waals surface area (Å²) in [5, 5.41) is 18.9. The zero-order valence-electron chi connectivity index (χ0n) is 13.4. The summed E-state index contributed by atoms with van der Waals surface area (Å²) in [5.74, 6) is -3.30. The molecule has 126 valence electrons. The number of rotatable bonds is 3. The predicted octanol–water partition coefficient (Wildman–Crippen LogP) is 2.72. The zero-order chi connectivity index (χ0) is 18.0. The van der Waals surface area contributed by atoms with Crippen molar-refractivity contribution in [2.45, 2.75) is 12.5 Å². The van der Waals surface area contributed by atoms with E-state index in [-0.39, 0.29) is 6.61 Å². The smallest absolute Gasteiger partial charge is 0.337 e. The fourth-order valence-electron chi connectivity index (χ4n) is 3.08. The maximum absolute atomic E-state index is 11.8. The number of esters is 1. The minimum atomic E-state index is -1.27. The van der Waals surface area contributed by atoms with Crippen molar-refractivity contribution in [1.82, 2.24) is 0 Å². The number of hydrogen-bond acceptors (Lipinski definition) is 5. The molecule has 0 aromatic heterocycles. The van der Waals surface area contributed by atoms with E-state index in [1.54, 1.807) is 24.3 Å². The molecule has 0 fully saturated rings. The van der Waals surface area contributed by atoms with Crippen LogP contribution in [0.4, 0.5) is 0 Å². The van der Waals surface area contributed by atoms with Crippen LogP contribution in [0.3, 0.4) is 0 Å². The quantitative estimate of drug-likeness (QED) is 0.865. The summed E-state index contributed by atoms with van der Waals surface area (Å²) in [7, 11) is 1.28. The first-order chi connectivity index (χ1) is 12.1.